The predicted octanol–water partition coefficient (Wildman–Crippen LogP) is 1.51. The zero-order chi connectivity index (χ0) is 16.3. The zero-order valence-corrected chi connectivity index (χ0v) is 13.2. The maximum absolute atomic E-state index is 12.5. The molecule has 6 nitrogen and oxygen atoms in total. The summed E-state index contributed by atoms with van der Waals surface area (Å²) in [5.74, 6) is -0.636. The van der Waals surface area contributed by atoms with Crippen molar-refractivity contribution in [3.63, 3.8) is 0 Å². The Kier molecular flexibility index (Phi) is 5.03. The lowest BCUT2D eigenvalue weighted by molar-refractivity contribution is -0.124. The number of hydrogen-bond acceptors (Lipinski definition) is 3. The molecular weight excluding hydrogens is 306 g/mol. The number of hydrogen-bond donors (Lipinski definition) is 2. The van der Waals surface area contributed by atoms with Crippen molar-refractivity contribution >= 4 is 35.0 Å². The minimum absolute atomic E-state index is 0.0533. The number of anilines is 1. The van der Waals surface area contributed by atoms with Gasteiger partial charge in [0.2, 0.25) is 11.8 Å². The second-order valence-corrected chi connectivity index (χ2v) is 5.63. The summed E-state index contributed by atoms with van der Waals surface area (Å²) in [6.45, 7) is 2.32. The molecule has 3 amide bonds. The molecule has 22 heavy (non-hydrogen) atoms. The molecule has 0 saturated carbocycles. The average Bonchev–Trinajstić information content (AvgIpc) is 2.95. The first-order valence-electron chi connectivity index (χ1n) is 7.00. The van der Waals surface area contributed by atoms with E-state index in [0.29, 0.717) is 30.8 Å². The van der Waals surface area contributed by atoms with Crippen molar-refractivity contribution in [1.82, 2.24) is 10.2 Å². The van der Waals surface area contributed by atoms with Crippen molar-refractivity contribution in [1.29, 1.82) is 0 Å². The lowest BCUT2D eigenvalue weighted by Gasteiger charge is -2.17. The van der Waals surface area contributed by atoms with Crippen LogP contribution in [-0.2, 0) is 9.59 Å². The summed E-state index contributed by atoms with van der Waals surface area (Å²) in [7, 11) is 1.59. The summed E-state index contributed by atoms with van der Waals surface area (Å²) < 4.78 is 0. The molecule has 1 aromatic carbocycles. The smallest absolute Gasteiger partial charge is 0.255 e. The maximum Gasteiger partial charge on any atom is 0.255 e. The van der Waals surface area contributed by atoms with Crippen LogP contribution in [0.5, 0.6) is 0 Å². The number of amides is 3. The van der Waals surface area contributed by atoms with Crippen molar-refractivity contribution in [2.75, 3.05) is 25.5 Å². The van der Waals surface area contributed by atoms with Gasteiger partial charge in [0, 0.05) is 32.7 Å². The molecule has 1 fully saturated rings. The summed E-state index contributed by atoms with van der Waals surface area (Å²) in [6, 6.07) is 4.76. The number of carbonyl (C=O) groups is 3. The summed E-state index contributed by atoms with van der Waals surface area (Å²) >= 11 is 6.13. The summed E-state index contributed by atoms with van der Waals surface area (Å²) in [5.41, 5.74) is 0.909. The van der Waals surface area contributed by atoms with Crippen LogP contribution in [-0.4, -0.2) is 42.8 Å². The first-order valence-corrected chi connectivity index (χ1v) is 7.38. The molecule has 0 aliphatic carbocycles. The number of likely N-dealkylation sites (tertiary alicyclic amines) is 1. The summed E-state index contributed by atoms with van der Waals surface area (Å²) in [6.07, 6.45) is 0.646. The Morgan fingerprint density at radius 2 is 2.05 bits per heavy atom. The van der Waals surface area contributed by atoms with E-state index in [0.717, 1.165) is 0 Å². The number of carbonyl (C=O) groups excluding carboxylic acids is 3. The Morgan fingerprint density at radius 1 is 1.32 bits per heavy atom. The van der Waals surface area contributed by atoms with Gasteiger partial charge >= 0.3 is 0 Å². The minimum atomic E-state index is -0.205. The Morgan fingerprint density at radius 3 is 2.64 bits per heavy atom. The van der Waals surface area contributed by atoms with Gasteiger partial charge in [-0.05, 0) is 24.6 Å². The van der Waals surface area contributed by atoms with E-state index in [4.69, 9.17) is 11.6 Å². The first-order chi connectivity index (χ1) is 10.4. The molecule has 7 heteroatoms. The second kappa shape index (κ2) is 6.79. The third-order valence-corrected chi connectivity index (χ3v) is 3.93. The number of halogens is 1. The third-order valence-electron chi connectivity index (χ3n) is 3.61. The van der Waals surface area contributed by atoms with Crippen LogP contribution in [0.1, 0.15) is 23.7 Å². The van der Waals surface area contributed by atoms with Gasteiger partial charge in [0.1, 0.15) is 0 Å². The van der Waals surface area contributed by atoms with E-state index < -0.39 is 0 Å². The molecule has 1 aromatic rings. The van der Waals surface area contributed by atoms with Crippen LogP contribution in [0.2, 0.25) is 5.02 Å². The fourth-order valence-electron chi connectivity index (χ4n) is 2.50. The molecule has 1 aliphatic heterocycles. The van der Waals surface area contributed by atoms with Crippen molar-refractivity contribution in [3.8, 4) is 0 Å². The highest BCUT2D eigenvalue weighted by Crippen LogP contribution is 2.25. The Bertz CT molecular complexity index is 618. The molecule has 0 bridgehead atoms. The molecule has 2 N–H and O–H groups in total. The standard InChI is InChI=1S/C15H18ClN3O3/c1-9(20)18-11-3-4-12(13(16)7-11)15(22)19-6-5-10(8-19)14(21)17-2/h3-4,7,10H,5-6,8H2,1-2H3,(H,17,21)(H,18,20). The highest BCUT2D eigenvalue weighted by molar-refractivity contribution is 6.34. The number of nitrogens with one attached hydrogen (secondary N) is 2. The molecule has 0 aromatic heterocycles. The highest BCUT2D eigenvalue weighted by atomic mass is 35.5. The molecule has 1 unspecified atom stereocenters. The van der Waals surface area contributed by atoms with Crippen LogP contribution in [0.3, 0.4) is 0 Å². The van der Waals surface area contributed by atoms with Gasteiger partial charge in [-0.3, -0.25) is 14.4 Å². The monoisotopic (exact) mass is 323 g/mol. The van der Waals surface area contributed by atoms with E-state index in [-0.39, 0.29) is 28.7 Å². The van der Waals surface area contributed by atoms with Crippen LogP contribution in [0, 0.1) is 5.92 Å². The highest BCUT2D eigenvalue weighted by Gasteiger charge is 2.31. The zero-order valence-electron chi connectivity index (χ0n) is 12.5. The average molecular weight is 324 g/mol. The Balaban J connectivity index is 2.10. The molecular formula is C15H18ClN3O3. The summed E-state index contributed by atoms with van der Waals surface area (Å²) in [5, 5.41) is 5.49. The number of nitrogens with zero attached hydrogens (tertiary/aromatic N) is 1. The molecule has 1 aliphatic rings. The Hall–Kier alpha value is -2.08. The maximum atomic E-state index is 12.5. The number of benzene rings is 1. The molecule has 1 heterocycles. The van der Waals surface area contributed by atoms with Gasteiger partial charge < -0.3 is 15.5 Å². The van der Waals surface area contributed by atoms with Crippen molar-refractivity contribution in [2.45, 2.75) is 13.3 Å². The van der Waals surface area contributed by atoms with Crippen molar-refractivity contribution < 1.29 is 14.4 Å². The number of rotatable bonds is 3. The van der Waals surface area contributed by atoms with Gasteiger partial charge in [0.15, 0.2) is 0 Å². The lowest BCUT2D eigenvalue weighted by atomic mass is 10.1. The van der Waals surface area contributed by atoms with Crippen LogP contribution in [0.25, 0.3) is 0 Å². The van der Waals surface area contributed by atoms with E-state index in [1.54, 1.807) is 30.1 Å². The predicted molar refractivity (Wildman–Crippen MR) is 83.8 cm³/mol. The van der Waals surface area contributed by atoms with Crippen molar-refractivity contribution in [2.24, 2.45) is 5.92 Å². The van der Waals surface area contributed by atoms with E-state index in [1.165, 1.54) is 6.92 Å². The lowest BCUT2D eigenvalue weighted by Crippen LogP contribution is -2.33. The first kappa shape index (κ1) is 16.3. The SMILES string of the molecule is CNC(=O)C1CCN(C(=O)c2ccc(NC(C)=O)cc2Cl)C1. The van der Waals surface area contributed by atoms with E-state index >= 15 is 0 Å². The molecule has 0 radical (unpaired) electrons. The van der Waals surface area contributed by atoms with Gasteiger partial charge in [0.05, 0.1) is 16.5 Å². The quantitative estimate of drug-likeness (QED) is 0.885. The van der Waals surface area contributed by atoms with E-state index in [9.17, 15) is 14.4 Å². The van der Waals surface area contributed by atoms with Crippen LogP contribution in [0.4, 0.5) is 5.69 Å². The van der Waals surface area contributed by atoms with E-state index in [1.807, 2.05) is 0 Å². The largest absolute Gasteiger partial charge is 0.359 e. The van der Waals surface area contributed by atoms with Crippen molar-refractivity contribution in [3.05, 3.63) is 28.8 Å². The van der Waals surface area contributed by atoms with Gasteiger partial charge in [-0.15, -0.1) is 0 Å². The fraction of sp³-hybridized carbons (Fsp3) is 0.400. The van der Waals surface area contributed by atoms with E-state index in [2.05, 4.69) is 10.6 Å². The van der Waals surface area contributed by atoms with Gasteiger partial charge in [-0.1, -0.05) is 11.6 Å². The Labute approximate surface area is 133 Å². The fourth-order valence-corrected chi connectivity index (χ4v) is 2.76. The molecule has 118 valence electrons. The van der Waals surface area contributed by atoms with Crippen LogP contribution >= 0.6 is 11.6 Å². The summed E-state index contributed by atoms with van der Waals surface area (Å²) in [4.78, 5) is 36.7. The normalized spacial score (nSPS) is 17.2. The van der Waals surface area contributed by atoms with Gasteiger partial charge in [0.25, 0.3) is 5.91 Å². The van der Waals surface area contributed by atoms with Crippen LogP contribution < -0.4 is 10.6 Å². The topological polar surface area (TPSA) is 78.5 Å². The molecule has 1 atom stereocenters. The van der Waals surface area contributed by atoms with Gasteiger partial charge in [-0.25, -0.2) is 0 Å². The second-order valence-electron chi connectivity index (χ2n) is 5.23. The minimum Gasteiger partial charge on any atom is -0.359 e. The molecule has 2 rings (SSSR count). The molecule has 1 saturated heterocycles. The van der Waals surface area contributed by atoms with Crippen LogP contribution in [0.15, 0.2) is 18.2 Å². The molecule has 0 spiro atoms. The third kappa shape index (κ3) is 3.57. The van der Waals surface area contributed by atoms with Gasteiger partial charge in [-0.2, -0.15) is 0 Å².